The average Bonchev–Trinajstić information content (AvgIpc) is 2.77. The molecule has 0 saturated carbocycles. The second kappa shape index (κ2) is 8.78. The number of hydrogen-bond donors (Lipinski definition) is 1. The van der Waals surface area contributed by atoms with Gasteiger partial charge in [-0.15, -0.1) is 0 Å². The summed E-state index contributed by atoms with van der Waals surface area (Å²) in [7, 11) is -2.42. The van der Waals surface area contributed by atoms with Crippen LogP contribution in [0.25, 0.3) is 0 Å². The van der Waals surface area contributed by atoms with Crippen LogP contribution in [-0.2, 0) is 8.85 Å². The maximum Gasteiger partial charge on any atom is 0.197 e. The second-order valence-corrected chi connectivity index (χ2v) is 19.2. The van der Waals surface area contributed by atoms with Crippen molar-refractivity contribution in [2.45, 2.75) is 83.5 Å². The molecule has 0 aliphatic carbocycles. The molecule has 2 radical (unpaired) electrons. The number of halogens is 1. The molecule has 3 nitrogen and oxygen atoms in total. The van der Waals surface area contributed by atoms with E-state index in [1.165, 1.54) is 32.4 Å². The summed E-state index contributed by atoms with van der Waals surface area (Å²) in [6.45, 7) is 21.0. The second-order valence-electron chi connectivity index (χ2n) is 8.43. The molecule has 1 aliphatic heterocycles. The van der Waals surface area contributed by atoms with Gasteiger partial charge in [0.2, 0.25) is 0 Å². The first-order chi connectivity index (χ1) is 9.45. The topological polar surface area (TPSA) is 22.9 Å². The van der Waals surface area contributed by atoms with Crippen molar-refractivity contribution < 1.29 is 26.2 Å². The predicted molar refractivity (Wildman–Crippen MR) is 97.0 cm³/mol. The van der Waals surface area contributed by atoms with E-state index >= 15 is 0 Å². The van der Waals surface area contributed by atoms with Gasteiger partial charge in [-0.25, -0.2) is 0 Å². The molecule has 1 atom stereocenters. The number of quaternary nitrogens is 1. The zero-order chi connectivity index (χ0) is 16.3. The quantitative estimate of drug-likeness (QED) is 0.452. The van der Waals surface area contributed by atoms with Gasteiger partial charge in [0, 0.05) is 12.8 Å². The lowest BCUT2D eigenvalue weighted by atomic mass is 10.2. The molecule has 1 aliphatic rings. The van der Waals surface area contributed by atoms with Crippen molar-refractivity contribution in [3.63, 3.8) is 0 Å². The van der Waals surface area contributed by atoms with E-state index in [1.807, 2.05) is 0 Å². The standard InChI is InChI=1S/C15H35NO2Si3.ClH/c1-9-15(2,16-12-10-11-13-16)19-14(17-20(3,4)5)18-21(6,7)8;/h14H,9-13H2,1-8H3;1H. The minimum atomic E-state index is -1.58. The molecule has 0 spiro atoms. The Hall–Kier alpha value is 0.821. The number of nitrogens with one attached hydrogen (secondary N) is 1. The lowest BCUT2D eigenvalue weighted by Crippen LogP contribution is -3.19. The largest absolute Gasteiger partial charge is 1.00 e. The van der Waals surface area contributed by atoms with Crippen LogP contribution in [0, 0.1) is 0 Å². The summed E-state index contributed by atoms with van der Waals surface area (Å²) in [5.41, 5.74) is 0. The van der Waals surface area contributed by atoms with Gasteiger partial charge in [-0.05, 0) is 52.6 Å². The first kappa shape index (κ1) is 22.8. The molecule has 7 heteroatoms. The molecule has 0 aromatic carbocycles. The summed E-state index contributed by atoms with van der Waals surface area (Å²) in [5.74, 6) is 0.0152. The van der Waals surface area contributed by atoms with Gasteiger partial charge in [-0.3, -0.25) is 0 Å². The molecule has 1 saturated heterocycles. The Balaban J connectivity index is 0.00000441. The highest BCUT2D eigenvalue weighted by atomic mass is 35.5. The minimum absolute atomic E-state index is 0. The van der Waals surface area contributed by atoms with Crippen molar-refractivity contribution in [2.24, 2.45) is 0 Å². The Bertz CT molecular complexity index is 312. The first-order valence-corrected chi connectivity index (χ1v) is 16.3. The third-order valence-corrected chi connectivity index (χ3v) is 8.18. The summed E-state index contributed by atoms with van der Waals surface area (Å²) >= 11 is 0. The smallest absolute Gasteiger partial charge is 0.197 e. The Morgan fingerprint density at radius 3 is 1.73 bits per heavy atom. The van der Waals surface area contributed by atoms with Gasteiger partial charge in [0.15, 0.2) is 26.2 Å². The number of rotatable bonds is 8. The molecular weight excluding hydrogens is 346 g/mol. The molecule has 0 aromatic rings. The summed E-state index contributed by atoms with van der Waals surface area (Å²) < 4.78 is 12.8. The van der Waals surface area contributed by atoms with E-state index in [-0.39, 0.29) is 18.3 Å². The zero-order valence-corrected chi connectivity index (χ0v) is 19.6. The monoisotopic (exact) mass is 381 g/mol. The Morgan fingerprint density at radius 1 is 1.00 bits per heavy atom. The van der Waals surface area contributed by atoms with Crippen LogP contribution in [0.2, 0.25) is 39.3 Å². The molecule has 0 bridgehead atoms. The van der Waals surface area contributed by atoms with Gasteiger partial charge in [0.1, 0.15) is 5.91 Å². The van der Waals surface area contributed by atoms with Crippen LogP contribution in [0.3, 0.4) is 0 Å². The lowest BCUT2D eigenvalue weighted by molar-refractivity contribution is -0.925. The third-order valence-electron chi connectivity index (χ3n) is 4.05. The van der Waals surface area contributed by atoms with E-state index in [9.17, 15) is 0 Å². The van der Waals surface area contributed by atoms with Gasteiger partial charge in [0.05, 0.1) is 18.3 Å². The normalized spacial score (nSPS) is 20.0. The summed E-state index contributed by atoms with van der Waals surface area (Å²) in [5, 5.41) is 0.320. The van der Waals surface area contributed by atoms with E-state index in [2.05, 4.69) is 53.1 Å². The van der Waals surface area contributed by atoms with Crippen molar-refractivity contribution in [3.8, 4) is 0 Å². The van der Waals surface area contributed by atoms with Crippen molar-refractivity contribution in [1.82, 2.24) is 0 Å². The van der Waals surface area contributed by atoms with E-state index in [1.54, 1.807) is 4.90 Å². The maximum atomic E-state index is 6.42. The SMILES string of the molecule is CCC(C)([Si]C(O[Si](C)(C)C)O[Si](C)(C)C)[NH+]1CCCC1.[Cl-]. The van der Waals surface area contributed by atoms with Gasteiger partial charge in [-0.1, -0.05) is 6.92 Å². The summed E-state index contributed by atoms with van der Waals surface area (Å²) in [6.07, 6.45) is 3.97. The molecule has 1 unspecified atom stereocenters. The van der Waals surface area contributed by atoms with Gasteiger partial charge in [0.25, 0.3) is 0 Å². The van der Waals surface area contributed by atoms with Crippen LogP contribution in [-0.4, -0.2) is 50.3 Å². The summed E-state index contributed by atoms with van der Waals surface area (Å²) in [6, 6.07) is 0. The van der Waals surface area contributed by atoms with Crippen molar-refractivity contribution in [3.05, 3.63) is 0 Å². The highest BCUT2D eigenvalue weighted by Gasteiger charge is 2.42. The molecular formula is C15H36ClNO2Si3. The van der Waals surface area contributed by atoms with Crippen LogP contribution in [0.1, 0.15) is 33.1 Å². The van der Waals surface area contributed by atoms with Crippen LogP contribution < -0.4 is 17.3 Å². The van der Waals surface area contributed by atoms with E-state index in [4.69, 9.17) is 8.85 Å². The fraction of sp³-hybridized carbons (Fsp3) is 1.00. The van der Waals surface area contributed by atoms with Crippen LogP contribution in [0.4, 0.5) is 0 Å². The van der Waals surface area contributed by atoms with Gasteiger partial charge in [-0.2, -0.15) is 0 Å². The van der Waals surface area contributed by atoms with E-state index < -0.39 is 16.6 Å². The van der Waals surface area contributed by atoms with E-state index in [0.717, 1.165) is 9.52 Å². The fourth-order valence-corrected chi connectivity index (χ4v) is 8.04. The zero-order valence-electron chi connectivity index (χ0n) is 15.8. The first-order valence-electron chi connectivity index (χ1n) is 8.44. The molecule has 1 N–H and O–H groups in total. The number of likely N-dealkylation sites (tertiary alicyclic amines) is 1. The minimum Gasteiger partial charge on any atom is -1.00 e. The Labute approximate surface area is 149 Å². The molecule has 0 aromatic heterocycles. The van der Waals surface area contributed by atoms with Crippen LogP contribution in [0.5, 0.6) is 0 Å². The lowest BCUT2D eigenvalue weighted by Gasteiger charge is -2.39. The van der Waals surface area contributed by atoms with Gasteiger partial charge >= 0.3 is 0 Å². The highest BCUT2D eigenvalue weighted by molar-refractivity contribution is 6.71. The van der Waals surface area contributed by atoms with Gasteiger partial charge < -0.3 is 26.2 Å². The maximum absolute atomic E-state index is 6.42. The van der Waals surface area contributed by atoms with E-state index in [0.29, 0.717) is 5.16 Å². The van der Waals surface area contributed by atoms with Crippen LogP contribution in [0.15, 0.2) is 0 Å². The summed E-state index contributed by atoms with van der Waals surface area (Å²) in [4.78, 5) is 1.77. The van der Waals surface area contributed by atoms with Crippen molar-refractivity contribution in [2.75, 3.05) is 13.1 Å². The Morgan fingerprint density at radius 2 is 1.41 bits per heavy atom. The van der Waals surface area contributed by atoms with Crippen LogP contribution >= 0.6 is 0 Å². The predicted octanol–water partition coefficient (Wildman–Crippen LogP) is -0.514. The molecule has 22 heavy (non-hydrogen) atoms. The Kier molecular flexibility index (Phi) is 9.11. The fourth-order valence-electron chi connectivity index (χ4n) is 2.79. The number of hydrogen-bond acceptors (Lipinski definition) is 2. The van der Waals surface area contributed by atoms with Crippen molar-refractivity contribution in [1.29, 1.82) is 0 Å². The average molecular weight is 382 g/mol. The molecule has 1 heterocycles. The molecule has 132 valence electrons. The molecule has 0 amide bonds. The highest BCUT2D eigenvalue weighted by Crippen LogP contribution is 2.18. The molecule has 1 rings (SSSR count). The molecule has 1 fully saturated rings. The third kappa shape index (κ3) is 8.08. The van der Waals surface area contributed by atoms with Crippen molar-refractivity contribution >= 4 is 26.2 Å².